The second-order valence-electron chi connectivity index (χ2n) is 8.93. The van der Waals surface area contributed by atoms with Crippen molar-refractivity contribution in [3.63, 3.8) is 0 Å². The van der Waals surface area contributed by atoms with Crippen LogP contribution >= 0.6 is 0 Å². The molecule has 3 aromatic rings. The Morgan fingerprint density at radius 3 is 2.31 bits per heavy atom. The zero-order valence-electron chi connectivity index (χ0n) is 21.2. The summed E-state index contributed by atoms with van der Waals surface area (Å²) in [4.78, 5) is 19.7. The van der Waals surface area contributed by atoms with Gasteiger partial charge in [0.1, 0.15) is 11.6 Å². The summed E-state index contributed by atoms with van der Waals surface area (Å²) in [6.45, 7) is 4.46. The number of anilines is 1. The normalized spacial score (nSPS) is 10.7. The first-order valence-corrected chi connectivity index (χ1v) is 12.9. The standard InChI is InChI=1S/C30H39N3O2/c1-3-4-11-25-13-17-27(18-14-25)30(34)33(24-26-15-19-28(35-2)20-16-26)23-10-6-5-8-21-31-29-12-7-9-22-32-29/h7,9,12-20,22H,3-6,8,10-11,21,23-24H2,1-2H3,(H,31,32). The fraction of sp³-hybridized carbons (Fsp3) is 0.400. The molecule has 0 aliphatic heterocycles. The van der Waals surface area contributed by atoms with Gasteiger partial charge in [0.15, 0.2) is 0 Å². The van der Waals surface area contributed by atoms with E-state index in [-0.39, 0.29) is 5.91 Å². The zero-order valence-corrected chi connectivity index (χ0v) is 21.2. The Kier molecular flexibility index (Phi) is 11.1. The summed E-state index contributed by atoms with van der Waals surface area (Å²) in [6.07, 6.45) is 9.50. The fourth-order valence-electron chi connectivity index (χ4n) is 4.05. The van der Waals surface area contributed by atoms with Gasteiger partial charge in [-0.15, -0.1) is 0 Å². The van der Waals surface area contributed by atoms with Gasteiger partial charge in [0, 0.05) is 31.4 Å². The summed E-state index contributed by atoms with van der Waals surface area (Å²) in [5.74, 6) is 1.85. The van der Waals surface area contributed by atoms with E-state index in [1.54, 1.807) is 13.3 Å². The van der Waals surface area contributed by atoms with Crippen molar-refractivity contribution in [2.75, 3.05) is 25.5 Å². The number of carbonyl (C=O) groups excluding carboxylic acids is 1. The van der Waals surface area contributed by atoms with Crippen LogP contribution in [0.4, 0.5) is 5.82 Å². The average molecular weight is 474 g/mol. The maximum atomic E-state index is 13.4. The van der Waals surface area contributed by atoms with Crippen molar-refractivity contribution in [3.05, 3.63) is 89.6 Å². The van der Waals surface area contributed by atoms with E-state index in [1.807, 2.05) is 59.5 Å². The third-order valence-corrected chi connectivity index (χ3v) is 6.17. The lowest BCUT2D eigenvalue weighted by Crippen LogP contribution is -2.31. The van der Waals surface area contributed by atoms with Gasteiger partial charge in [-0.05, 0) is 73.2 Å². The van der Waals surface area contributed by atoms with Gasteiger partial charge in [-0.2, -0.15) is 0 Å². The number of hydrogen-bond acceptors (Lipinski definition) is 4. The van der Waals surface area contributed by atoms with Crippen LogP contribution in [0.5, 0.6) is 5.75 Å². The molecule has 0 aliphatic carbocycles. The molecule has 2 aromatic carbocycles. The summed E-state index contributed by atoms with van der Waals surface area (Å²) >= 11 is 0. The van der Waals surface area contributed by atoms with Crippen LogP contribution < -0.4 is 10.1 Å². The first-order chi connectivity index (χ1) is 17.2. The van der Waals surface area contributed by atoms with Gasteiger partial charge in [-0.25, -0.2) is 4.98 Å². The molecule has 0 fully saturated rings. The van der Waals surface area contributed by atoms with Gasteiger partial charge >= 0.3 is 0 Å². The number of aromatic nitrogens is 1. The molecule has 5 nitrogen and oxygen atoms in total. The van der Waals surface area contributed by atoms with Crippen LogP contribution in [0.15, 0.2) is 72.9 Å². The molecule has 1 heterocycles. The van der Waals surface area contributed by atoms with Crippen LogP contribution in [0.2, 0.25) is 0 Å². The molecule has 1 N–H and O–H groups in total. The van der Waals surface area contributed by atoms with Crippen molar-refractivity contribution in [2.24, 2.45) is 0 Å². The Morgan fingerprint density at radius 2 is 1.63 bits per heavy atom. The van der Waals surface area contributed by atoms with Crippen molar-refractivity contribution in [1.29, 1.82) is 0 Å². The summed E-state index contributed by atoms with van der Waals surface area (Å²) in [7, 11) is 1.67. The SMILES string of the molecule is CCCCc1ccc(C(=O)N(CCCCCCNc2ccccn2)Cc2ccc(OC)cc2)cc1. The molecule has 1 aromatic heterocycles. The Morgan fingerprint density at radius 1 is 0.886 bits per heavy atom. The average Bonchev–Trinajstić information content (AvgIpc) is 2.91. The minimum Gasteiger partial charge on any atom is -0.497 e. The molecule has 3 rings (SSSR count). The van der Waals surface area contributed by atoms with Gasteiger partial charge in [-0.1, -0.05) is 56.5 Å². The van der Waals surface area contributed by atoms with Crippen LogP contribution in [0.25, 0.3) is 0 Å². The number of carbonyl (C=O) groups is 1. The van der Waals surface area contributed by atoms with E-state index in [0.717, 1.165) is 67.9 Å². The Balaban J connectivity index is 1.53. The Bertz CT molecular complexity index is 988. The van der Waals surface area contributed by atoms with Gasteiger partial charge in [-0.3, -0.25) is 4.79 Å². The van der Waals surface area contributed by atoms with E-state index in [0.29, 0.717) is 6.54 Å². The van der Waals surface area contributed by atoms with Gasteiger partial charge < -0.3 is 15.0 Å². The summed E-state index contributed by atoms with van der Waals surface area (Å²) in [5.41, 5.74) is 3.17. The number of pyridine rings is 1. The monoisotopic (exact) mass is 473 g/mol. The molecule has 0 unspecified atom stereocenters. The second kappa shape index (κ2) is 14.8. The highest BCUT2D eigenvalue weighted by atomic mass is 16.5. The molecular weight excluding hydrogens is 434 g/mol. The molecule has 0 atom stereocenters. The van der Waals surface area contributed by atoms with Gasteiger partial charge in [0.25, 0.3) is 5.91 Å². The van der Waals surface area contributed by atoms with E-state index in [1.165, 1.54) is 18.4 Å². The van der Waals surface area contributed by atoms with Crippen LogP contribution in [0.1, 0.15) is 66.9 Å². The quantitative estimate of drug-likeness (QED) is 0.248. The maximum Gasteiger partial charge on any atom is 0.254 e. The number of amides is 1. The lowest BCUT2D eigenvalue weighted by atomic mass is 10.1. The molecule has 0 spiro atoms. The molecule has 35 heavy (non-hydrogen) atoms. The molecule has 0 bridgehead atoms. The summed E-state index contributed by atoms with van der Waals surface area (Å²) in [5, 5.41) is 3.36. The van der Waals surface area contributed by atoms with Crippen LogP contribution in [-0.4, -0.2) is 36.0 Å². The molecular formula is C30H39N3O2. The van der Waals surface area contributed by atoms with E-state index in [2.05, 4.69) is 29.4 Å². The Labute approximate surface area is 210 Å². The van der Waals surface area contributed by atoms with E-state index >= 15 is 0 Å². The third kappa shape index (κ3) is 9.08. The summed E-state index contributed by atoms with van der Waals surface area (Å²) < 4.78 is 5.28. The topological polar surface area (TPSA) is 54.5 Å². The highest BCUT2D eigenvalue weighted by Gasteiger charge is 2.16. The molecule has 1 amide bonds. The van der Waals surface area contributed by atoms with Crippen molar-refractivity contribution in [2.45, 2.75) is 58.4 Å². The highest BCUT2D eigenvalue weighted by molar-refractivity contribution is 5.94. The first-order valence-electron chi connectivity index (χ1n) is 12.9. The van der Waals surface area contributed by atoms with E-state index in [9.17, 15) is 4.79 Å². The smallest absolute Gasteiger partial charge is 0.254 e. The number of methoxy groups -OCH3 is 1. The van der Waals surface area contributed by atoms with E-state index in [4.69, 9.17) is 4.74 Å². The maximum absolute atomic E-state index is 13.4. The predicted molar refractivity (Wildman–Crippen MR) is 144 cm³/mol. The van der Waals surface area contributed by atoms with Crippen LogP contribution in [0, 0.1) is 0 Å². The molecule has 5 heteroatoms. The molecule has 0 aliphatic rings. The first kappa shape index (κ1) is 26.3. The largest absolute Gasteiger partial charge is 0.497 e. The molecule has 0 saturated heterocycles. The van der Waals surface area contributed by atoms with Crippen molar-refractivity contribution in [3.8, 4) is 5.75 Å². The Hall–Kier alpha value is -3.34. The van der Waals surface area contributed by atoms with Crippen LogP contribution in [-0.2, 0) is 13.0 Å². The van der Waals surface area contributed by atoms with Crippen molar-refractivity contribution < 1.29 is 9.53 Å². The number of hydrogen-bond donors (Lipinski definition) is 1. The highest BCUT2D eigenvalue weighted by Crippen LogP contribution is 2.17. The number of nitrogens with zero attached hydrogens (tertiary/aromatic N) is 2. The minimum absolute atomic E-state index is 0.0969. The third-order valence-electron chi connectivity index (χ3n) is 6.17. The number of aryl methyl sites for hydroxylation is 1. The fourth-order valence-corrected chi connectivity index (χ4v) is 4.05. The minimum atomic E-state index is 0.0969. The summed E-state index contributed by atoms with van der Waals surface area (Å²) in [6, 6.07) is 22.0. The predicted octanol–water partition coefficient (Wildman–Crippen LogP) is 6.75. The van der Waals surface area contributed by atoms with Crippen molar-refractivity contribution in [1.82, 2.24) is 9.88 Å². The number of nitrogens with one attached hydrogen (secondary N) is 1. The van der Waals surface area contributed by atoms with Gasteiger partial charge in [0.2, 0.25) is 0 Å². The number of ether oxygens (including phenoxy) is 1. The lowest BCUT2D eigenvalue weighted by molar-refractivity contribution is 0.0740. The molecule has 186 valence electrons. The van der Waals surface area contributed by atoms with Crippen LogP contribution in [0.3, 0.4) is 0 Å². The lowest BCUT2D eigenvalue weighted by Gasteiger charge is -2.23. The zero-order chi connectivity index (χ0) is 24.7. The number of rotatable bonds is 15. The van der Waals surface area contributed by atoms with E-state index < -0.39 is 0 Å². The molecule has 0 saturated carbocycles. The number of unbranched alkanes of at least 4 members (excludes halogenated alkanes) is 4. The second-order valence-corrected chi connectivity index (χ2v) is 8.93. The van der Waals surface area contributed by atoms with Crippen molar-refractivity contribution >= 4 is 11.7 Å². The molecule has 0 radical (unpaired) electrons. The number of benzene rings is 2. The van der Waals surface area contributed by atoms with Gasteiger partial charge in [0.05, 0.1) is 7.11 Å².